The van der Waals surface area contributed by atoms with E-state index in [9.17, 15) is 65.4 Å². The number of aliphatic hydroxyl groups is 9. The van der Waals surface area contributed by atoms with Crippen LogP contribution in [0.15, 0.2) is 85.1 Å². The average molecular weight is 922 g/mol. The molecular weight excluding hydrogens is 851 g/mol. The van der Waals surface area contributed by atoms with Crippen LogP contribution in [0.1, 0.15) is 79.1 Å². The van der Waals surface area contributed by atoms with Crippen molar-refractivity contribution in [2.24, 2.45) is 23.5 Å². The number of aliphatic hydroxyl groups excluding tert-OH is 8. The predicted octanol–water partition coefficient (Wildman–Crippen LogP) is 0.920. The van der Waals surface area contributed by atoms with Gasteiger partial charge in [-0.25, -0.2) is 0 Å². The molecule has 18 heteroatoms. The van der Waals surface area contributed by atoms with Crippen molar-refractivity contribution in [1.29, 1.82) is 0 Å². The van der Waals surface area contributed by atoms with Crippen molar-refractivity contribution in [2.75, 3.05) is 0 Å². The minimum absolute atomic E-state index is 0.291. The fourth-order valence-electron chi connectivity index (χ4n) is 7.82. The smallest absolute Gasteiger partial charge is 0.311 e. The summed E-state index contributed by atoms with van der Waals surface area (Å²) in [6, 6.07) is -1.15. The van der Waals surface area contributed by atoms with E-state index in [0.29, 0.717) is 0 Å². The van der Waals surface area contributed by atoms with Crippen molar-refractivity contribution in [3.63, 3.8) is 0 Å². The third-order valence-corrected chi connectivity index (χ3v) is 11.9. The van der Waals surface area contributed by atoms with E-state index < -0.39 is 147 Å². The second kappa shape index (κ2) is 27.2. The van der Waals surface area contributed by atoms with Crippen molar-refractivity contribution in [3.05, 3.63) is 85.1 Å². The lowest BCUT2D eigenvalue weighted by atomic mass is 9.82. The summed E-state index contributed by atoms with van der Waals surface area (Å²) in [6.45, 7) is 6.70. The largest absolute Gasteiger partial charge is 0.481 e. The molecule has 65 heavy (non-hydrogen) atoms. The summed E-state index contributed by atoms with van der Waals surface area (Å²) >= 11 is 0. The normalized spacial score (nSPS) is 44.4. The summed E-state index contributed by atoms with van der Waals surface area (Å²) in [5, 5.41) is 107. The fourth-order valence-corrected chi connectivity index (χ4v) is 7.82. The number of allylic oxidation sites excluding steroid dienone is 12. The lowest BCUT2D eigenvalue weighted by Gasteiger charge is -2.45. The average Bonchev–Trinajstić information content (AvgIpc) is 3.21. The number of carboxylic acid groups (broad SMARTS) is 1. The Kier molecular flexibility index (Phi) is 23.2. The highest BCUT2D eigenvalue weighted by Crippen LogP contribution is 2.38. The molecule has 0 aromatic rings. The van der Waals surface area contributed by atoms with Gasteiger partial charge in [0.15, 0.2) is 12.1 Å². The van der Waals surface area contributed by atoms with Crippen LogP contribution >= 0.6 is 0 Å². The lowest BCUT2D eigenvalue weighted by molar-refractivity contribution is -0.310. The molecule has 0 aromatic carbocycles. The SMILES string of the molecule is C[C@@H]1[C@H](O)[C@@H](C)/C=C/C=C/C=C/C=C/C=C/C=C/C=C/C(O[C@@H]2O[C@H](C)[C@@H](O)[C@H](N)[C@@H]2O)C[C@@H]2O[C@](O)(CC(O)[C@H](O)CCC(=O)CC(O)CC(O)CC(=O)O[C@H]1C)C[C@H](O)[C@H]2C(=O)O. The summed E-state index contributed by atoms with van der Waals surface area (Å²) in [4.78, 5) is 37.8. The Balaban J connectivity index is 1.86. The number of ether oxygens (including phenoxy) is 4. The maximum Gasteiger partial charge on any atom is 0.311 e. The minimum Gasteiger partial charge on any atom is -0.481 e. The first-order valence-corrected chi connectivity index (χ1v) is 22.2. The molecular formula is C47H71NO17. The Morgan fingerprint density at radius 1 is 0.692 bits per heavy atom. The number of carbonyl (C=O) groups is 3. The Hall–Kier alpha value is -3.73. The Morgan fingerprint density at radius 3 is 1.82 bits per heavy atom. The van der Waals surface area contributed by atoms with Gasteiger partial charge in [0.05, 0.1) is 73.5 Å². The molecule has 3 rings (SSSR count). The van der Waals surface area contributed by atoms with E-state index >= 15 is 0 Å². The van der Waals surface area contributed by atoms with Gasteiger partial charge in [-0.2, -0.15) is 0 Å². The van der Waals surface area contributed by atoms with E-state index in [1.165, 1.54) is 13.0 Å². The third-order valence-electron chi connectivity index (χ3n) is 11.9. The van der Waals surface area contributed by atoms with Gasteiger partial charge in [0.1, 0.15) is 23.9 Å². The summed E-state index contributed by atoms with van der Waals surface area (Å²) < 4.78 is 23.1. The summed E-state index contributed by atoms with van der Waals surface area (Å²) in [5.41, 5.74) is 6.01. The molecule has 2 saturated heterocycles. The van der Waals surface area contributed by atoms with Gasteiger partial charge in [-0.05, 0) is 20.3 Å². The molecule has 0 amide bonds. The van der Waals surface area contributed by atoms with Crippen LogP contribution in [0, 0.1) is 17.8 Å². The molecule has 3 heterocycles. The van der Waals surface area contributed by atoms with Crippen molar-refractivity contribution < 1.29 is 84.4 Å². The third kappa shape index (κ3) is 18.5. The Labute approximate surface area is 380 Å². The highest BCUT2D eigenvalue weighted by molar-refractivity contribution is 5.78. The van der Waals surface area contributed by atoms with Gasteiger partial charge < -0.3 is 75.7 Å². The highest BCUT2D eigenvalue weighted by atomic mass is 16.7. The van der Waals surface area contributed by atoms with Gasteiger partial charge in [-0.15, -0.1) is 0 Å². The predicted molar refractivity (Wildman–Crippen MR) is 236 cm³/mol. The molecule has 366 valence electrons. The molecule has 3 aliphatic rings. The maximum atomic E-state index is 12.7. The number of aliphatic carboxylic acids is 1. The number of esters is 1. The number of ketones is 1. The first kappa shape index (κ1) is 55.6. The van der Waals surface area contributed by atoms with Gasteiger partial charge in [0, 0.05) is 50.4 Å². The Morgan fingerprint density at radius 2 is 1.23 bits per heavy atom. The van der Waals surface area contributed by atoms with E-state index in [-0.39, 0.29) is 31.6 Å². The van der Waals surface area contributed by atoms with Crippen molar-refractivity contribution in [2.45, 2.75) is 170 Å². The summed E-state index contributed by atoms with van der Waals surface area (Å²) in [7, 11) is 0. The van der Waals surface area contributed by atoms with Gasteiger partial charge in [0.25, 0.3) is 0 Å². The number of nitrogens with two attached hydrogens (primary N) is 1. The number of fused-ring (bicyclic) bond motifs is 2. The molecule has 2 fully saturated rings. The summed E-state index contributed by atoms with van der Waals surface area (Å²) in [5.74, 6) is -7.51. The molecule has 18 nitrogen and oxygen atoms in total. The number of rotatable bonds is 3. The molecule has 2 bridgehead atoms. The number of carbonyl (C=O) groups excluding carboxylic acids is 2. The number of carboxylic acids is 1. The van der Waals surface area contributed by atoms with Gasteiger partial charge in [-0.1, -0.05) is 98.9 Å². The van der Waals surface area contributed by atoms with E-state index in [0.717, 1.165) is 0 Å². The zero-order chi connectivity index (χ0) is 48.4. The van der Waals surface area contributed by atoms with Crippen LogP contribution in [0.25, 0.3) is 0 Å². The fraction of sp³-hybridized carbons (Fsp3) is 0.638. The van der Waals surface area contributed by atoms with Crippen LogP contribution in [0.3, 0.4) is 0 Å². The Bertz CT molecular complexity index is 1710. The topological polar surface area (TPSA) is 316 Å². The maximum absolute atomic E-state index is 12.7. The number of cyclic esters (lactones) is 1. The van der Waals surface area contributed by atoms with Crippen LogP contribution in [-0.4, -0.2) is 160 Å². The standard InChI is InChI=1S/C47H71NO17/c1-27-17-15-13-11-9-7-5-6-8-10-12-14-16-18-34(64-46-44(58)41(48)43(57)30(4)63-46)24-38-40(45(59)60)37(54)26-47(61,65-38)25-36(53)35(52)20-19-31(49)21-32(50)22-33(51)23-39(55)62-29(3)28(2)42(27)56/h5-18,27-30,32-38,40-44,46,50-54,56-58,61H,19-26,48H2,1-4H3,(H,59,60)/b6-5+,9-7+,10-8+,13-11+,14-12+,17-15+,18-16+/t27-,28-,29-,30+,32?,33?,34?,35+,36?,37-,38-,40+,41-,42+,43+,44-,46-,47+/m0/s1. The molecule has 0 aliphatic carbocycles. The second-order valence-corrected chi connectivity index (χ2v) is 17.4. The first-order valence-electron chi connectivity index (χ1n) is 22.2. The van der Waals surface area contributed by atoms with Gasteiger partial charge >= 0.3 is 11.9 Å². The van der Waals surface area contributed by atoms with Crippen LogP contribution in [0.4, 0.5) is 0 Å². The molecule has 0 aromatic heterocycles. The number of hydrogen-bond acceptors (Lipinski definition) is 17. The zero-order valence-corrected chi connectivity index (χ0v) is 37.5. The molecule has 12 N–H and O–H groups in total. The monoisotopic (exact) mass is 921 g/mol. The molecule has 0 saturated carbocycles. The molecule has 18 atom stereocenters. The van der Waals surface area contributed by atoms with Crippen LogP contribution < -0.4 is 5.73 Å². The minimum atomic E-state index is -2.38. The van der Waals surface area contributed by atoms with Crippen LogP contribution in [-0.2, 0) is 33.3 Å². The first-order chi connectivity index (χ1) is 30.6. The summed E-state index contributed by atoms with van der Waals surface area (Å²) in [6.07, 6.45) is 3.67. The van der Waals surface area contributed by atoms with Gasteiger partial charge in [0.2, 0.25) is 0 Å². The molecule has 3 aliphatic heterocycles. The van der Waals surface area contributed by atoms with E-state index in [4.69, 9.17) is 24.7 Å². The quantitative estimate of drug-likeness (QED) is 0.175. The van der Waals surface area contributed by atoms with Gasteiger partial charge in [-0.3, -0.25) is 14.4 Å². The second-order valence-electron chi connectivity index (χ2n) is 17.4. The molecule has 0 radical (unpaired) electrons. The number of hydrogen-bond donors (Lipinski definition) is 11. The van der Waals surface area contributed by atoms with Crippen molar-refractivity contribution in [1.82, 2.24) is 0 Å². The molecule has 0 spiro atoms. The van der Waals surface area contributed by atoms with Crippen LogP contribution in [0.5, 0.6) is 0 Å². The lowest BCUT2D eigenvalue weighted by Crippen LogP contribution is -2.61. The number of Topliss-reactive ketones (excluding diaryl/α,β-unsaturated/α-hetero) is 1. The van der Waals surface area contributed by atoms with E-state index in [2.05, 4.69) is 0 Å². The van der Waals surface area contributed by atoms with Crippen LogP contribution in [0.2, 0.25) is 0 Å². The molecule has 4 unspecified atom stereocenters. The highest BCUT2D eigenvalue weighted by Gasteiger charge is 2.51. The van der Waals surface area contributed by atoms with Crippen molar-refractivity contribution >= 4 is 17.7 Å². The van der Waals surface area contributed by atoms with E-state index in [1.807, 2.05) is 13.0 Å². The van der Waals surface area contributed by atoms with Crippen molar-refractivity contribution in [3.8, 4) is 0 Å². The zero-order valence-electron chi connectivity index (χ0n) is 37.5. The van der Waals surface area contributed by atoms with E-state index in [1.54, 1.807) is 86.8 Å².